The standard InChI is InChI=1S/C28H38FN3O7/c1-28(2,3)24(30-25(34)38-19-9-5-6-10-19)23(33)13-18-12-20(15-32(18)27(36)37-4)39-26(35)31-14-17-8-7-11-22(29)21(17)16-31/h7-8,11,18-20,24H,5-6,9-10,12-16H2,1-4H3,(H,30,34)/t18?,20-,24-/m1/s1. The Balaban J connectivity index is 1.38. The molecule has 0 spiro atoms. The molecular formula is C28H38FN3O7. The van der Waals surface area contributed by atoms with Crippen LogP contribution in [0.2, 0.25) is 0 Å². The topological polar surface area (TPSA) is 114 Å². The van der Waals surface area contributed by atoms with E-state index in [0.29, 0.717) is 5.56 Å². The maximum absolute atomic E-state index is 14.1. The smallest absolute Gasteiger partial charge is 0.410 e. The Labute approximate surface area is 228 Å². The molecule has 3 amide bonds. The number of ether oxygens (including phenoxy) is 3. The van der Waals surface area contributed by atoms with Gasteiger partial charge in [0.1, 0.15) is 18.0 Å². The predicted octanol–water partition coefficient (Wildman–Crippen LogP) is 4.53. The minimum atomic E-state index is -0.842. The highest BCUT2D eigenvalue weighted by atomic mass is 19.1. The zero-order valence-corrected chi connectivity index (χ0v) is 23.0. The number of methoxy groups -OCH3 is 1. The van der Waals surface area contributed by atoms with E-state index in [0.717, 1.165) is 31.2 Å². The van der Waals surface area contributed by atoms with Crippen LogP contribution < -0.4 is 5.32 Å². The van der Waals surface area contributed by atoms with Crippen molar-refractivity contribution in [3.05, 3.63) is 35.1 Å². The van der Waals surface area contributed by atoms with E-state index in [4.69, 9.17) is 14.2 Å². The van der Waals surface area contributed by atoms with Gasteiger partial charge in [-0.25, -0.2) is 18.8 Å². The minimum Gasteiger partial charge on any atom is -0.453 e. The Morgan fingerprint density at radius 1 is 1.05 bits per heavy atom. The molecule has 2 aliphatic heterocycles. The van der Waals surface area contributed by atoms with Gasteiger partial charge in [-0.1, -0.05) is 32.9 Å². The molecule has 0 aromatic heterocycles. The first-order valence-electron chi connectivity index (χ1n) is 13.5. The van der Waals surface area contributed by atoms with Gasteiger partial charge in [-0.05, 0) is 42.7 Å². The van der Waals surface area contributed by atoms with Crippen LogP contribution in [0.5, 0.6) is 0 Å². The first kappa shape index (κ1) is 28.6. The number of nitrogens with one attached hydrogen (secondary N) is 1. The predicted molar refractivity (Wildman–Crippen MR) is 138 cm³/mol. The van der Waals surface area contributed by atoms with Crippen molar-refractivity contribution in [3.63, 3.8) is 0 Å². The van der Waals surface area contributed by atoms with Gasteiger partial charge in [-0.2, -0.15) is 0 Å². The highest BCUT2D eigenvalue weighted by Crippen LogP contribution is 2.30. The van der Waals surface area contributed by atoms with E-state index in [1.54, 1.807) is 12.1 Å². The number of ketones is 1. The number of nitrogens with zero attached hydrogens (tertiary/aromatic N) is 2. The number of hydrogen-bond donors (Lipinski definition) is 1. The number of benzene rings is 1. The summed E-state index contributed by atoms with van der Waals surface area (Å²) in [5.41, 5.74) is 0.588. The van der Waals surface area contributed by atoms with Crippen LogP contribution in [0.1, 0.15) is 70.4 Å². The third-order valence-electron chi connectivity index (χ3n) is 7.70. The molecule has 3 aliphatic rings. The summed E-state index contributed by atoms with van der Waals surface area (Å²) < 4.78 is 30.2. The van der Waals surface area contributed by atoms with Gasteiger partial charge in [-0.3, -0.25) is 9.69 Å². The molecule has 1 saturated carbocycles. The molecule has 10 nitrogen and oxygen atoms in total. The fourth-order valence-electron chi connectivity index (χ4n) is 5.66. The number of Topliss-reactive ketones (excluding diaryl/α,β-unsaturated/α-hetero) is 1. The van der Waals surface area contributed by atoms with E-state index in [1.165, 1.54) is 23.0 Å². The fourth-order valence-corrected chi connectivity index (χ4v) is 5.66. The van der Waals surface area contributed by atoms with E-state index >= 15 is 0 Å². The van der Waals surface area contributed by atoms with Crippen LogP contribution in [0.4, 0.5) is 18.8 Å². The summed E-state index contributed by atoms with van der Waals surface area (Å²) in [5.74, 6) is -0.629. The molecule has 1 aromatic rings. The van der Waals surface area contributed by atoms with Crippen molar-refractivity contribution >= 4 is 24.1 Å². The van der Waals surface area contributed by atoms with Crippen LogP contribution in [0.15, 0.2) is 18.2 Å². The number of amides is 3. The van der Waals surface area contributed by atoms with Gasteiger partial charge in [0, 0.05) is 31.0 Å². The van der Waals surface area contributed by atoms with Crippen molar-refractivity contribution in [2.45, 2.75) is 96.7 Å². The molecule has 11 heteroatoms. The molecule has 0 radical (unpaired) electrons. The van der Waals surface area contributed by atoms with Crippen LogP contribution in [0, 0.1) is 11.2 Å². The van der Waals surface area contributed by atoms with Gasteiger partial charge >= 0.3 is 18.3 Å². The Hall–Kier alpha value is -3.37. The molecular weight excluding hydrogens is 509 g/mol. The first-order valence-corrected chi connectivity index (χ1v) is 13.5. The molecule has 214 valence electrons. The number of carbonyl (C=O) groups is 4. The monoisotopic (exact) mass is 547 g/mol. The minimum absolute atomic E-state index is 0.0584. The highest BCUT2D eigenvalue weighted by molar-refractivity contribution is 5.89. The SMILES string of the molecule is COC(=O)N1C[C@H](OC(=O)N2Cc3cccc(F)c3C2)CC1CC(=O)[C@@H](NC(=O)OC1CCCC1)C(C)(C)C. The van der Waals surface area contributed by atoms with Crippen LogP contribution >= 0.6 is 0 Å². The van der Waals surface area contributed by atoms with Crippen molar-refractivity contribution in [2.24, 2.45) is 5.41 Å². The lowest BCUT2D eigenvalue weighted by molar-refractivity contribution is -0.124. The number of carbonyl (C=O) groups excluding carboxylic acids is 4. The molecule has 0 bridgehead atoms. The fraction of sp³-hybridized carbons (Fsp3) is 0.643. The molecule has 2 heterocycles. The number of rotatable bonds is 6. The maximum Gasteiger partial charge on any atom is 0.410 e. The van der Waals surface area contributed by atoms with Crippen LogP contribution in [-0.4, -0.2) is 71.8 Å². The second-order valence-corrected chi connectivity index (χ2v) is 11.7. The lowest BCUT2D eigenvalue weighted by Gasteiger charge is -2.32. The molecule has 1 saturated heterocycles. The summed E-state index contributed by atoms with van der Waals surface area (Å²) in [4.78, 5) is 54.2. The Bertz CT molecular complexity index is 1100. The van der Waals surface area contributed by atoms with Crippen molar-refractivity contribution in [1.82, 2.24) is 15.1 Å². The largest absolute Gasteiger partial charge is 0.453 e. The van der Waals surface area contributed by atoms with Gasteiger partial charge < -0.3 is 24.4 Å². The summed E-state index contributed by atoms with van der Waals surface area (Å²) in [6.45, 7) is 5.94. The van der Waals surface area contributed by atoms with E-state index < -0.39 is 41.9 Å². The van der Waals surface area contributed by atoms with Crippen molar-refractivity contribution in [2.75, 3.05) is 13.7 Å². The van der Waals surface area contributed by atoms with Gasteiger partial charge in [0.05, 0.1) is 26.2 Å². The summed E-state index contributed by atoms with van der Waals surface area (Å²) in [5, 5.41) is 2.74. The average Bonchev–Trinajstić information content (AvgIpc) is 3.62. The first-order chi connectivity index (χ1) is 18.5. The summed E-state index contributed by atoms with van der Waals surface area (Å²) >= 11 is 0. The maximum atomic E-state index is 14.1. The molecule has 2 fully saturated rings. The van der Waals surface area contributed by atoms with Crippen LogP contribution in [-0.2, 0) is 32.1 Å². The van der Waals surface area contributed by atoms with E-state index in [2.05, 4.69) is 5.32 Å². The molecule has 1 aromatic carbocycles. The molecule has 39 heavy (non-hydrogen) atoms. The molecule has 3 atom stereocenters. The zero-order valence-electron chi connectivity index (χ0n) is 23.0. The highest BCUT2D eigenvalue weighted by Gasteiger charge is 2.43. The lowest BCUT2D eigenvalue weighted by atomic mass is 9.82. The van der Waals surface area contributed by atoms with Gasteiger partial charge in [0.15, 0.2) is 5.78 Å². The molecule has 4 rings (SSSR count). The van der Waals surface area contributed by atoms with Crippen LogP contribution in [0.3, 0.4) is 0 Å². The normalized spacial score (nSPS) is 21.9. The van der Waals surface area contributed by atoms with Gasteiger partial charge in [0.25, 0.3) is 0 Å². The second-order valence-electron chi connectivity index (χ2n) is 11.7. The summed E-state index contributed by atoms with van der Waals surface area (Å²) in [6.07, 6.45) is 1.14. The number of fused-ring (bicyclic) bond motifs is 1. The van der Waals surface area contributed by atoms with Crippen molar-refractivity contribution in [1.29, 1.82) is 0 Å². The second kappa shape index (κ2) is 11.8. The van der Waals surface area contributed by atoms with E-state index in [1.807, 2.05) is 20.8 Å². The summed E-state index contributed by atoms with van der Waals surface area (Å²) in [7, 11) is 1.25. The average molecular weight is 548 g/mol. The molecule has 1 N–H and O–H groups in total. The number of alkyl carbamates (subject to hydrolysis) is 1. The zero-order chi connectivity index (χ0) is 28.3. The van der Waals surface area contributed by atoms with Crippen molar-refractivity contribution in [3.8, 4) is 0 Å². The number of likely N-dealkylation sites (tertiary alicyclic amines) is 1. The quantitative estimate of drug-likeness (QED) is 0.521. The third kappa shape index (κ3) is 6.80. The van der Waals surface area contributed by atoms with Gasteiger partial charge in [0.2, 0.25) is 0 Å². The third-order valence-corrected chi connectivity index (χ3v) is 7.70. The number of halogens is 1. The lowest BCUT2D eigenvalue weighted by Crippen LogP contribution is -2.51. The summed E-state index contributed by atoms with van der Waals surface area (Å²) in [6, 6.07) is 3.29. The number of hydrogen-bond acceptors (Lipinski definition) is 7. The Morgan fingerprint density at radius 3 is 2.41 bits per heavy atom. The Morgan fingerprint density at radius 2 is 1.77 bits per heavy atom. The van der Waals surface area contributed by atoms with Gasteiger partial charge in [-0.15, -0.1) is 0 Å². The Kier molecular flexibility index (Phi) is 8.66. The van der Waals surface area contributed by atoms with E-state index in [9.17, 15) is 23.6 Å². The van der Waals surface area contributed by atoms with Crippen molar-refractivity contribution < 1.29 is 37.8 Å². The van der Waals surface area contributed by atoms with E-state index in [-0.39, 0.29) is 50.2 Å². The van der Waals surface area contributed by atoms with Crippen LogP contribution in [0.25, 0.3) is 0 Å². The molecule has 1 aliphatic carbocycles. The molecule has 1 unspecified atom stereocenters.